The van der Waals surface area contributed by atoms with Crippen LogP contribution in [0.1, 0.15) is 31.9 Å². The maximum Gasteiger partial charge on any atom is 0.264 e. The molecule has 0 aliphatic rings. The Balaban J connectivity index is 2.06. The summed E-state index contributed by atoms with van der Waals surface area (Å²) in [6.45, 7) is 7.41. The van der Waals surface area contributed by atoms with E-state index in [1.54, 1.807) is 74.7 Å². The molecule has 0 saturated carbocycles. The first-order valence-corrected chi connectivity index (χ1v) is 14.8. The fraction of sp³-hybridized carbons (Fsp3) is 0.355. The van der Waals surface area contributed by atoms with E-state index in [2.05, 4.69) is 5.32 Å². The zero-order chi connectivity index (χ0) is 30.2. The average molecular weight is 582 g/mol. The number of nitrogens with zero attached hydrogens (tertiary/aromatic N) is 2. The molecule has 0 fully saturated rings. The van der Waals surface area contributed by atoms with Crippen LogP contribution in [0, 0.1) is 12.8 Å². The van der Waals surface area contributed by atoms with Gasteiger partial charge in [-0.05, 0) is 67.3 Å². The molecule has 0 aliphatic carbocycles. The molecule has 41 heavy (non-hydrogen) atoms. The number of carbonyl (C=O) groups excluding carboxylic acids is 2. The Hall–Kier alpha value is -4.05. The van der Waals surface area contributed by atoms with Crippen molar-refractivity contribution in [2.24, 2.45) is 5.92 Å². The van der Waals surface area contributed by atoms with Gasteiger partial charge in [0.05, 0.1) is 24.8 Å². The normalized spacial score (nSPS) is 12.0. The number of carbonyl (C=O) groups is 2. The predicted molar refractivity (Wildman–Crippen MR) is 160 cm³/mol. The van der Waals surface area contributed by atoms with Gasteiger partial charge in [-0.3, -0.25) is 13.9 Å². The molecule has 0 saturated heterocycles. The molecule has 9 nitrogen and oxygen atoms in total. The second-order valence-electron chi connectivity index (χ2n) is 10.2. The van der Waals surface area contributed by atoms with Crippen LogP contribution < -0.4 is 19.1 Å². The van der Waals surface area contributed by atoms with E-state index in [0.29, 0.717) is 18.0 Å². The van der Waals surface area contributed by atoms with Crippen LogP contribution in [-0.2, 0) is 26.2 Å². The Bertz CT molecular complexity index is 1430. The summed E-state index contributed by atoms with van der Waals surface area (Å²) >= 11 is 0. The monoisotopic (exact) mass is 581 g/mol. The van der Waals surface area contributed by atoms with Crippen molar-refractivity contribution in [3.05, 3.63) is 83.9 Å². The van der Waals surface area contributed by atoms with Gasteiger partial charge in [0.15, 0.2) is 0 Å². The van der Waals surface area contributed by atoms with Gasteiger partial charge in [0.1, 0.15) is 24.1 Å². The summed E-state index contributed by atoms with van der Waals surface area (Å²) in [7, 11) is -1.18. The number of benzene rings is 3. The molecular formula is C31H39N3O6S. The predicted octanol–water partition coefficient (Wildman–Crippen LogP) is 4.40. The molecule has 0 heterocycles. The van der Waals surface area contributed by atoms with Crippen molar-refractivity contribution in [2.45, 2.75) is 45.2 Å². The van der Waals surface area contributed by atoms with Crippen molar-refractivity contribution in [1.82, 2.24) is 10.2 Å². The van der Waals surface area contributed by atoms with Crippen molar-refractivity contribution >= 4 is 27.5 Å². The summed E-state index contributed by atoms with van der Waals surface area (Å²) in [5.41, 5.74) is 1.78. The molecule has 10 heteroatoms. The Labute approximate surface area is 243 Å². The van der Waals surface area contributed by atoms with Gasteiger partial charge in [-0.1, -0.05) is 50.2 Å². The Morgan fingerprint density at radius 3 is 2.15 bits per heavy atom. The van der Waals surface area contributed by atoms with Crippen LogP contribution in [0.25, 0.3) is 0 Å². The Morgan fingerprint density at radius 1 is 0.902 bits per heavy atom. The van der Waals surface area contributed by atoms with Gasteiger partial charge in [-0.15, -0.1) is 0 Å². The molecule has 1 atom stereocenters. The molecular weight excluding hydrogens is 542 g/mol. The van der Waals surface area contributed by atoms with E-state index in [4.69, 9.17) is 9.47 Å². The van der Waals surface area contributed by atoms with E-state index in [1.807, 2.05) is 20.8 Å². The van der Waals surface area contributed by atoms with E-state index < -0.39 is 28.5 Å². The summed E-state index contributed by atoms with van der Waals surface area (Å²) in [6.07, 6.45) is 0. The number of methoxy groups -OCH3 is 2. The van der Waals surface area contributed by atoms with E-state index in [-0.39, 0.29) is 29.0 Å². The Morgan fingerprint density at radius 2 is 1.56 bits per heavy atom. The standard InChI is InChI=1S/C31H39N3O6S/c1-22(2)19-32-31(36)24(4)33(20-25-13-15-26(39-5)16-14-25)30(35)21-34(28-18-23(3)12-17-29(28)40-6)41(37,38)27-10-8-7-9-11-27/h7-18,22,24H,19-21H2,1-6H3,(H,32,36)/t24-/m0/s1. The number of sulfonamides is 1. The molecule has 0 spiro atoms. The van der Waals surface area contributed by atoms with Crippen LogP contribution in [0.4, 0.5) is 5.69 Å². The lowest BCUT2D eigenvalue weighted by Crippen LogP contribution is -2.51. The van der Waals surface area contributed by atoms with Crippen molar-refractivity contribution in [3.63, 3.8) is 0 Å². The number of anilines is 1. The van der Waals surface area contributed by atoms with Crippen molar-refractivity contribution < 1.29 is 27.5 Å². The molecule has 1 N–H and O–H groups in total. The second kappa shape index (κ2) is 14.0. The number of amides is 2. The second-order valence-corrected chi connectivity index (χ2v) is 12.0. The molecule has 220 valence electrons. The maximum absolute atomic E-state index is 14.1. The highest BCUT2D eigenvalue weighted by molar-refractivity contribution is 7.92. The van der Waals surface area contributed by atoms with Gasteiger partial charge in [0.2, 0.25) is 11.8 Å². The third-order valence-electron chi connectivity index (χ3n) is 6.58. The molecule has 3 aromatic carbocycles. The van der Waals surface area contributed by atoms with Crippen LogP contribution >= 0.6 is 0 Å². The number of nitrogens with one attached hydrogen (secondary N) is 1. The van der Waals surface area contributed by atoms with Crippen LogP contribution in [0.5, 0.6) is 11.5 Å². The number of hydrogen-bond acceptors (Lipinski definition) is 6. The number of aryl methyl sites for hydroxylation is 1. The molecule has 0 unspecified atom stereocenters. The SMILES string of the molecule is COc1ccc(CN(C(=O)CN(c2cc(C)ccc2OC)S(=O)(=O)c2ccccc2)[C@@H](C)C(=O)NCC(C)C)cc1. The fourth-order valence-corrected chi connectivity index (χ4v) is 5.63. The summed E-state index contributed by atoms with van der Waals surface area (Å²) < 4.78 is 39.8. The highest BCUT2D eigenvalue weighted by Gasteiger charge is 2.33. The Kier molecular flexibility index (Phi) is 10.8. The minimum atomic E-state index is -4.19. The van der Waals surface area contributed by atoms with Crippen LogP contribution in [0.3, 0.4) is 0 Å². The minimum Gasteiger partial charge on any atom is -0.497 e. The lowest BCUT2D eigenvalue weighted by molar-refractivity contribution is -0.139. The van der Waals surface area contributed by atoms with Crippen LogP contribution in [0.15, 0.2) is 77.7 Å². The molecule has 0 radical (unpaired) electrons. The maximum atomic E-state index is 14.1. The summed E-state index contributed by atoms with van der Waals surface area (Å²) in [6, 6.07) is 19.3. The minimum absolute atomic E-state index is 0.0285. The first-order valence-electron chi connectivity index (χ1n) is 13.4. The molecule has 3 rings (SSSR count). The van der Waals surface area contributed by atoms with E-state index in [9.17, 15) is 18.0 Å². The summed E-state index contributed by atoms with van der Waals surface area (Å²) in [5.74, 6) is 0.299. The van der Waals surface area contributed by atoms with Gasteiger partial charge in [-0.25, -0.2) is 8.42 Å². The molecule has 3 aromatic rings. The summed E-state index contributed by atoms with van der Waals surface area (Å²) in [5, 5.41) is 2.88. The van der Waals surface area contributed by atoms with Gasteiger partial charge in [0.25, 0.3) is 10.0 Å². The van der Waals surface area contributed by atoms with Crippen molar-refractivity contribution in [1.29, 1.82) is 0 Å². The van der Waals surface area contributed by atoms with E-state index in [0.717, 1.165) is 15.4 Å². The highest BCUT2D eigenvalue weighted by Crippen LogP contribution is 2.33. The highest BCUT2D eigenvalue weighted by atomic mass is 32.2. The lowest BCUT2D eigenvalue weighted by Gasteiger charge is -2.32. The van der Waals surface area contributed by atoms with E-state index in [1.165, 1.54) is 24.1 Å². The fourth-order valence-electron chi connectivity index (χ4n) is 4.19. The number of hydrogen-bond donors (Lipinski definition) is 1. The van der Waals surface area contributed by atoms with Crippen LogP contribution in [-0.4, -0.2) is 58.5 Å². The van der Waals surface area contributed by atoms with Gasteiger partial charge in [0, 0.05) is 13.1 Å². The molecule has 0 bridgehead atoms. The largest absolute Gasteiger partial charge is 0.497 e. The zero-order valence-electron chi connectivity index (χ0n) is 24.5. The smallest absolute Gasteiger partial charge is 0.264 e. The van der Waals surface area contributed by atoms with Gasteiger partial charge in [-0.2, -0.15) is 0 Å². The molecule has 0 aliphatic heterocycles. The zero-order valence-corrected chi connectivity index (χ0v) is 25.3. The number of ether oxygens (including phenoxy) is 2. The average Bonchev–Trinajstić information content (AvgIpc) is 2.97. The third-order valence-corrected chi connectivity index (χ3v) is 8.35. The summed E-state index contributed by atoms with van der Waals surface area (Å²) in [4.78, 5) is 28.6. The number of rotatable bonds is 13. The molecule has 0 aromatic heterocycles. The topological polar surface area (TPSA) is 105 Å². The molecule has 2 amide bonds. The first kappa shape index (κ1) is 31.5. The van der Waals surface area contributed by atoms with Crippen molar-refractivity contribution in [2.75, 3.05) is 31.6 Å². The van der Waals surface area contributed by atoms with Gasteiger partial charge < -0.3 is 19.7 Å². The van der Waals surface area contributed by atoms with Crippen LogP contribution in [0.2, 0.25) is 0 Å². The van der Waals surface area contributed by atoms with E-state index >= 15 is 0 Å². The van der Waals surface area contributed by atoms with Gasteiger partial charge >= 0.3 is 0 Å². The third kappa shape index (κ3) is 8.00. The quantitative estimate of drug-likeness (QED) is 0.321. The first-order chi connectivity index (χ1) is 19.5. The van der Waals surface area contributed by atoms with Crippen molar-refractivity contribution in [3.8, 4) is 11.5 Å². The lowest BCUT2D eigenvalue weighted by atomic mass is 10.1.